The van der Waals surface area contributed by atoms with Crippen molar-refractivity contribution in [1.29, 1.82) is 0 Å². The average molecular weight is 144 g/mol. The van der Waals surface area contributed by atoms with Crippen molar-refractivity contribution in [3.63, 3.8) is 0 Å². The van der Waals surface area contributed by atoms with E-state index in [1.54, 1.807) is 6.29 Å². The van der Waals surface area contributed by atoms with E-state index in [0.29, 0.717) is 0 Å². The Morgan fingerprint density at radius 1 is 1.70 bits per heavy atom. The SMILES string of the molecule is COCC(=O)N(C)C[C]=O. The highest BCUT2D eigenvalue weighted by atomic mass is 16.5. The molecule has 57 valence electrons. The fraction of sp³-hybridized carbons (Fsp3) is 0.667. The molecule has 0 atom stereocenters. The summed E-state index contributed by atoms with van der Waals surface area (Å²) in [5, 5.41) is 0. The summed E-state index contributed by atoms with van der Waals surface area (Å²) in [5.74, 6) is -0.217. The van der Waals surface area contributed by atoms with Crippen molar-refractivity contribution < 1.29 is 14.3 Å². The third kappa shape index (κ3) is 3.19. The Hall–Kier alpha value is -0.900. The van der Waals surface area contributed by atoms with Gasteiger partial charge in [0.05, 0.1) is 6.54 Å². The number of amides is 1. The molecule has 0 aliphatic carbocycles. The number of likely N-dealkylation sites (N-methyl/N-ethyl adjacent to an activating group) is 1. The summed E-state index contributed by atoms with van der Waals surface area (Å²) < 4.78 is 4.55. The summed E-state index contributed by atoms with van der Waals surface area (Å²) in [7, 11) is 2.95. The Bertz CT molecular complexity index is 124. The van der Waals surface area contributed by atoms with E-state index < -0.39 is 0 Å². The van der Waals surface area contributed by atoms with E-state index >= 15 is 0 Å². The van der Waals surface area contributed by atoms with E-state index in [9.17, 15) is 9.59 Å². The molecule has 0 unspecified atom stereocenters. The Morgan fingerprint density at radius 3 is 2.70 bits per heavy atom. The van der Waals surface area contributed by atoms with Crippen molar-refractivity contribution in [2.24, 2.45) is 0 Å². The molecular weight excluding hydrogens is 134 g/mol. The van der Waals surface area contributed by atoms with Crippen LogP contribution in [0.1, 0.15) is 0 Å². The summed E-state index contributed by atoms with van der Waals surface area (Å²) >= 11 is 0. The van der Waals surface area contributed by atoms with Crippen molar-refractivity contribution in [2.45, 2.75) is 0 Å². The minimum atomic E-state index is -0.217. The smallest absolute Gasteiger partial charge is 0.248 e. The van der Waals surface area contributed by atoms with Crippen LogP contribution in [0.25, 0.3) is 0 Å². The van der Waals surface area contributed by atoms with Gasteiger partial charge in [-0.25, -0.2) is 0 Å². The molecule has 0 spiro atoms. The molecule has 1 amide bonds. The van der Waals surface area contributed by atoms with Gasteiger partial charge in [-0.3, -0.25) is 9.59 Å². The number of carbonyl (C=O) groups excluding carboxylic acids is 2. The van der Waals surface area contributed by atoms with Crippen LogP contribution in [-0.4, -0.2) is 44.4 Å². The summed E-state index contributed by atoms with van der Waals surface area (Å²) in [5.41, 5.74) is 0. The zero-order valence-corrected chi connectivity index (χ0v) is 6.09. The number of hydrogen-bond donors (Lipinski definition) is 0. The van der Waals surface area contributed by atoms with Crippen LogP contribution in [0.15, 0.2) is 0 Å². The molecule has 0 rings (SSSR count). The van der Waals surface area contributed by atoms with Gasteiger partial charge in [0.2, 0.25) is 12.2 Å². The van der Waals surface area contributed by atoms with Gasteiger partial charge in [-0.15, -0.1) is 0 Å². The molecule has 0 aliphatic heterocycles. The first-order chi connectivity index (χ1) is 4.72. The predicted molar refractivity (Wildman–Crippen MR) is 35.2 cm³/mol. The second-order valence-electron chi connectivity index (χ2n) is 1.83. The molecular formula is C6H10NO3. The molecule has 0 aromatic rings. The molecule has 1 radical (unpaired) electrons. The van der Waals surface area contributed by atoms with Crippen LogP contribution in [-0.2, 0) is 14.3 Å². The second-order valence-corrected chi connectivity index (χ2v) is 1.83. The Labute approximate surface area is 59.8 Å². The van der Waals surface area contributed by atoms with Crippen molar-refractivity contribution in [3.8, 4) is 0 Å². The number of nitrogens with zero attached hydrogens (tertiary/aromatic N) is 1. The monoisotopic (exact) mass is 144 g/mol. The predicted octanol–water partition coefficient (Wildman–Crippen LogP) is -0.799. The van der Waals surface area contributed by atoms with Gasteiger partial charge in [0, 0.05) is 14.2 Å². The van der Waals surface area contributed by atoms with Crippen LogP contribution in [0.2, 0.25) is 0 Å². The fourth-order valence-corrected chi connectivity index (χ4v) is 0.419. The normalized spacial score (nSPS) is 9.00. The zero-order valence-electron chi connectivity index (χ0n) is 6.09. The van der Waals surface area contributed by atoms with Crippen molar-refractivity contribution in [1.82, 2.24) is 4.90 Å². The highest BCUT2D eigenvalue weighted by molar-refractivity contribution is 5.79. The maximum absolute atomic E-state index is 10.8. The first-order valence-electron chi connectivity index (χ1n) is 2.80. The molecule has 0 N–H and O–H groups in total. The molecule has 4 heteroatoms. The van der Waals surface area contributed by atoms with Gasteiger partial charge in [-0.1, -0.05) is 0 Å². The van der Waals surface area contributed by atoms with E-state index in [2.05, 4.69) is 4.74 Å². The van der Waals surface area contributed by atoms with Gasteiger partial charge in [0.15, 0.2) is 0 Å². The molecule has 0 aromatic heterocycles. The lowest BCUT2D eigenvalue weighted by atomic mass is 10.5. The van der Waals surface area contributed by atoms with Crippen molar-refractivity contribution in [3.05, 3.63) is 0 Å². The third-order valence-electron chi connectivity index (χ3n) is 0.995. The number of rotatable bonds is 4. The van der Waals surface area contributed by atoms with Crippen molar-refractivity contribution in [2.75, 3.05) is 27.3 Å². The quantitative estimate of drug-likeness (QED) is 0.519. The van der Waals surface area contributed by atoms with E-state index in [0.717, 1.165) is 0 Å². The first kappa shape index (κ1) is 9.10. The molecule has 4 nitrogen and oxygen atoms in total. The van der Waals surface area contributed by atoms with Gasteiger partial charge in [0.25, 0.3) is 0 Å². The number of methoxy groups -OCH3 is 1. The topological polar surface area (TPSA) is 46.6 Å². The summed E-state index contributed by atoms with van der Waals surface area (Å²) in [6.07, 6.45) is 1.61. The van der Waals surface area contributed by atoms with Crippen LogP contribution < -0.4 is 0 Å². The average Bonchev–Trinajstić information content (AvgIpc) is 1.89. The van der Waals surface area contributed by atoms with Gasteiger partial charge in [-0.2, -0.15) is 0 Å². The molecule has 0 fully saturated rings. The van der Waals surface area contributed by atoms with E-state index in [1.165, 1.54) is 19.1 Å². The van der Waals surface area contributed by atoms with Gasteiger partial charge >= 0.3 is 0 Å². The van der Waals surface area contributed by atoms with Crippen LogP contribution in [0.4, 0.5) is 0 Å². The lowest BCUT2D eigenvalue weighted by molar-refractivity contribution is -0.133. The largest absolute Gasteiger partial charge is 0.375 e. The maximum atomic E-state index is 10.8. The fourth-order valence-electron chi connectivity index (χ4n) is 0.419. The Kier molecular flexibility index (Phi) is 4.49. The minimum Gasteiger partial charge on any atom is -0.375 e. The van der Waals surface area contributed by atoms with E-state index in [-0.39, 0.29) is 19.1 Å². The lowest BCUT2D eigenvalue weighted by Crippen LogP contribution is -2.31. The molecule has 0 aliphatic rings. The van der Waals surface area contributed by atoms with Gasteiger partial charge in [0.1, 0.15) is 6.61 Å². The molecule has 0 saturated carbocycles. The zero-order chi connectivity index (χ0) is 7.98. The van der Waals surface area contributed by atoms with Crippen LogP contribution >= 0.6 is 0 Å². The van der Waals surface area contributed by atoms with Crippen LogP contribution in [0.3, 0.4) is 0 Å². The highest BCUT2D eigenvalue weighted by Crippen LogP contribution is 1.81. The number of ether oxygens (including phenoxy) is 1. The minimum absolute atomic E-state index is 0.00218. The molecule has 0 bridgehead atoms. The standard InChI is InChI=1S/C6H10NO3/c1-7(3-4-8)6(9)5-10-2/h3,5H2,1-2H3. The maximum Gasteiger partial charge on any atom is 0.248 e. The molecule has 10 heavy (non-hydrogen) atoms. The first-order valence-corrected chi connectivity index (χ1v) is 2.80. The number of carbonyl (C=O) groups is 1. The van der Waals surface area contributed by atoms with Gasteiger partial charge < -0.3 is 9.64 Å². The van der Waals surface area contributed by atoms with Gasteiger partial charge in [-0.05, 0) is 0 Å². The third-order valence-corrected chi connectivity index (χ3v) is 0.995. The second kappa shape index (κ2) is 4.93. The van der Waals surface area contributed by atoms with Crippen LogP contribution in [0, 0.1) is 0 Å². The highest BCUT2D eigenvalue weighted by Gasteiger charge is 2.05. The molecule has 0 aromatic carbocycles. The molecule has 0 heterocycles. The number of hydrogen-bond acceptors (Lipinski definition) is 3. The summed E-state index contributed by atoms with van der Waals surface area (Å²) in [6, 6.07) is 0. The molecule has 0 saturated heterocycles. The summed E-state index contributed by atoms with van der Waals surface area (Å²) in [4.78, 5) is 21.8. The van der Waals surface area contributed by atoms with Crippen LogP contribution in [0.5, 0.6) is 0 Å². The lowest BCUT2D eigenvalue weighted by Gasteiger charge is -2.11. The Morgan fingerprint density at radius 2 is 2.30 bits per heavy atom. The Balaban J connectivity index is 3.58. The van der Waals surface area contributed by atoms with Crippen molar-refractivity contribution >= 4 is 12.2 Å². The van der Waals surface area contributed by atoms with E-state index in [1.807, 2.05) is 0 Å². The summed E-state index contributed by atoms with van der Waals surface area (Å²) in [6.45, 7) is 0.0143. The van der Waals surface area contributed by atoms with E-state index in [4.69, 9.17) is 0 Å².